The second-order valence-corrected chi connectivity index (χ2v) is 6.32. The van der Waals surface area contributed by atoms with E-state index in [0.29, 0.717) is 6.54 Å². The van der Waals surface area contributed by atoms with E-state index < -0.39 is 10.0 Å². The minimum Gasteiger partial charge on any atom is -0.326 e. The monoisotopic (exact) mass is 290 g/mol. The second-order valence-electron chi connectivity index (χ2n) is 4.60. The van der Waals surface area contributed by atoms with Crippen molar-refractivity contribution in [3.8, 4) is 0 Å². The molecule has 1 unspecified atom stereocenters. The molecule has 1 atom stereocenters. The molecule has 0 aromatic heterocycles. The summed E-state index contributed by atoms with van der Waals surface area (Å²) in [7, 11) is -3.52. The molecule has 0 spiro atoms. The fourth-order valence-corrected chi connectivity index (χ4v) is 3.15. The van der Waals surface area contributed by atoms with Crippen LogP contribution in [0.25, 0.3) is 0 Å². The fraction of sp³-hybridized carbons (Fsp3) is 0.200. The van der Waals surface area contributed by atoms with Crippen LogP contribution in [-0.4, -0.2) is 8.42 Å². The van der Waals surface area contributed by atoms with Gasteiger partial charge >= 0.3 is 0 Å². The van der Waals surface area contributed by atoms with Gasteiger partial charge in [-0.15, -0.1) is 0 Å². The molecule has 0 aliphatic carbocycles. The lowest BCUT2D eigenvalue weighted by Crippen LogP contribution is -2.26. The lowest BCUT2D eigenvalue weighted by molar-refractivity contribution is 0.567. The van der Waals surface area contributed by atoms with Crippen LogP contribution in [0.1, 0.15) is 24.1 Å². The van der Waals surface area contributed by atoms with Crippen molar-refractivity contribution >= 4 is 10.0 Å². The van der Waals surface area contributed by atoms with Crippen LogP contribution in [0.5, 0.6) is 0 Å². The first kappa shape index (κ1) is 14.7. The Kier molecular flexibility index (Phi) is 4.54. The average molecular weight is 290 g/mol. The van der Waals surface area contributed by atoms with Gasteiger partial charge in [-0.3, -0.25) is 0 Å². The largest absolute Gasteiger partial charge is 0.326 e. The number of sulfonamides is 1. The van der Waals surface area contributed by atoms with Gasteiger partial charge in [-0.25, -0.2) is 13.1 Å². The highest BCUT2D eigenvalue weighted by Gasteiger charge is 2.17. The number of nitrogens with one attached hydrogen (secondary N) is 1. The Bertz CT molecular complexity index is 652. The zero-order valence-electron chi connectivity index (χ0n) is 11.3. The number of rotatable bonds is 5. The van der Waals surface area contributed by atoms with E-state index in [1.54, 1.807) is 24.3 Å². The van der Waals surface area contributed by atoms with Crippen LogP contribution in [0, 0.1) is 0 Å². The summed E-state index contributed by atoms with van der Waals surface area (Å²) in [6, 6.07) is 15.8. The molecule has 0 fully saturated rings. The molecular weight excluding hydrogens is 272 g/mol. The standard InChI is InChI=1S/C15H18N2O2S/c1-12(14-5-3-2-4-6-14)17-20(18,19)15-9-7-13(11-16)8-10-15/h2-10,12,17H,11,16H2,1H3. The molecule has 0 radical (unpaired) electrons. The highest BCUT2D eigenvalue weighted by Crippen LogP contribution is 2.17. The van der Waals surface area contributed by atoms with Gasteiger partial charge in [0.25, 0.3) is 0 Å². The summed E-state index contributed by atoms with van der Waals surface area (Å²) in [6.45, 7) is 2.22. The zero-order valence-corrected chi connectivity index (χ0v) is 12.1. The van der Waals surface area contributed by atoms with E-state index in [1.807, 2.05) is 37.3 Å². The topological polar surface area (TPSA) is 72.2 Å². The number of benzene rings is 2. The molecule has 20 heavy (non-hydrogen) atoms. The molecule has 0 heterocycles. The van der Waals surface area contributed by atoms with E-state index in [1.165, 1.54) is 0 Å². The molecule has 2 aromatic rings. The van der Waals surface area contributed by atoms with Crippen molar-refractivity contribution in [3.63, 3.8) is 0 Å². The van der Waals surface area contributed by atoms with Crippen LogP contribution in [0.2, 0.25) is 0 Å². The van der Waals surface area contributed by atoms with Crippen molar-refractivity contribution in [3.05, 3.63) is 65.7 Å². The molecule has 0 saturated carbocycles. The third-order valence-corrected chi connectivity index (χ3v) is 4.66. The summed E-state index contributed by atoms with van der Waals surface area (Å²) in [6.07, 6.45) is 0. The van der Waals surface area contributed by atoms with Gasteiger partial charge in [-0.05, 0) is 30.2 Å². The van der Waals surface area contributed by atoms with Gasteiger partial charge in [-0.1, -0.05) is 42.5 Å². The Morgan fingerprint density at radius 3 is 2.20 bits per heavy atom. The third-order valence-electron chi connectivity index (χ3n) is 3.10. The normalized spacial score (nSPS) is 13.1. The first-order valence-electron chi connectivity index (χ1n) is 6.39. The molecule has 0 amide bonds. The van der Waals surface area contributed by atoms with Crippen molar-refractivity contribution in [1.82, 2.24) is 4.72 Å². The Balaban J connectivity index is 2.18. The minimum atomic E-state index is -3.52. The van der Waals surface area contributed by atoms with E-state index in [9.17, 15) is 8.42 Å². The molecular formula is C15H18N2O2S. The van der Waals surface area contributed by atoms with Crippen molar-refractivity contribution in [2.24, 2.45) is 5.73 Å². The number of hydrogen-bond donors (Lipinski definition) is 2. The van der Waals surface area contributed by atoms with Gasteiger partial charge in [0.1, 0.15) is 0 Å². The maximum Gasteiger partial charge on any atom is 0.241 e. The van der Waals surface area contributed by atoms with Gasteiger partial charge in [-0.2, -0.15) is 0 Å². The molecule has 3 N–H and O–H groups in total. The second kappa shape index (κ2) is 6.17. The molecule has 106 valence electrons. The first-order chi connectivity index (χ1) is 9.53. The van der Waals surface area contributed by atoms with Gasteiger partial charge in [0.2, 0.25) is 10.0 Å². The Hall–Kier alpha value is -1.69. The highest BCUT2D eigenvalue weighted by atomic mass is 32.2. The summed E-state index contributed by atoms with van der Waals surface area (Å²) < 4.78 is 27.2. The maximum atomic E-state index is 12.3. The molecule has 0 aliphatic rings. The lowest BCUT2D eigenvalue weighted by atomic mass is 10.1. The van der Waals surface area contributed by atoms with Crippen molar-refractivity contribution < 1.29 is 8.42 Å². The molecule has 4 nitrogen and oxygen atoms in total. The Morgan fingerprint density at radius 2 is 1.65 bits per heavy atom. The molecule has 5 heteroatoms. The van der Waals surface area contributed by atoms with Crippen LogP contribution in [0.15, 0.2) is 59.5 Å². The van der Waals surface area contributed by atoms with Gasteiger partial charge in [0.05, 0.1) is 4.90 Å². The number of hydrogen-bond acceptors (Lipinski definition) is 3. The summed E-state index contributed by atoms with van der Waals surface area (Å²) in [4.78, 5) is 0.248. The van der Waals surface area contributed by atoms with Crippen LogP contribution >= 0.6 is 0 Å². The van der Waals surface area contributed by atoms with Gasteiger partial charge in [0.15, 0.2) is 0 Å². The zero-order chi connectivity index (χ0) is 14.6. The Labute approximate surface area is 119 Å². The molecule has 2 rings (SSSR count). The van der Waals surface area contributed by atoms with Crippen LogP contribution < -0.4 is 10.5 Å². The van der Waals surface area contributed by atoms with Gasteiger partial charge in [0, 0.05) is 12.6 Å². The van der Waals surface area contributed by atoms with Crippen molar-refractivity contribution in [1.29, 1.82) is 0 Å². The minimum absolute atomic E-state index is 0.248. The predicted octanol–water partition coefficient (Wildman–Crippen LogP) is 2.18. The number of nitrogens with two attached hydrogens (primary N) is 1. The quantitative estimate of drug-likeness (QED) is 0.886. The molecule has 0 bridgehead atoms. The summed E-state index contributed by atoms with van der Waals surface area (Å²) in [5.41, 5.74) is 7.33. The van der Waals surface area contributed by atoms with E-state index >= 15 is 0 Å². The highest BCUT2D eigenvalue weighted by molar-refractivity contribution is 7.89. The SMILES string of the molecule is CC(NS(=O)(=O)c1ccc(CN)cc1)c1ccccc1. The van der Waals surface area contributed by atoms with Crippen molar-refractivity contribution in [2.45, 2.75) is 24.4 Å². The summed E-state index contributed by atoms with van der Waals surface area (Å²) in [5.74, 6) is 0. The van der Waals surface area contributed by atoms with E-state index in [2.05, 4.69) is 4.72 Å². The smallest absolute Gasteiger partial charge is 0.241 e. The van der Waals surface area contributed by atoms with Crippen LogP contribution in [-0.2, 0) is 16.6 Å². The molecule has 2 aromatic carbocycles. The summed E-state index contributed by atoms with van der Waals surface area (Å²) in [5, 5.41) is 0. The van der Waals surface area contributed by atoms with Crippen LogP contribution in [0.4, 0.5) is 0 Å². The third kappa shape index (κ3) is 3.45. The maximum absolute atomic E-state index is 12.3. The van der Waals surface area contributed by atoms with Gasteiger partial charge < -0.3 is 5.73 Å². The van der Waals surface area contributed by atoms with Crippen LogP contribution in [0.3, 0.4) is 0 Å². The average Bonchev–Trinajstić information content (AvgIpc) is 2.48. The van der Waals surface area contributed by atoms with E-state index in [0.717, 1.165) is 11.1 Å². The Morgan fingerprint density at radius 1 is 1.05 bits per heavy atom. The molecule has 0 aliphatic heterocycles. The first-order valence-corrected chi connectivity index (χ1v) is 7.87. The van der Waals surface area contributed by atoms with E-state index in [-0.39, 0.29) is 10.9 Å². The fourth-order valence-electron chi connectivity index (χ4n) is 1.92. The summed E-state index contributed by atoms with van der Waals surface area (Å²) >= 11 is 0. The van der Waals surface area contributed by atoms with Crippen molar-refractivity contribution in [2.75, 3.05) is 0 Å². The predicted molar refractivity (Wildman–Crippen MR) is 79.5 cm³/mol. The lowest BCUT2D eigenvalue weighted by Gasteiger charge is -2.14. The molecule has 0 saturated heterocycles. The van der Waals surface area contributed by atoms with E-state index in [4.69, 9.17) is 5.73 Å².